The van der Waals surface area contributed by atoms with Gasteiger partial charge in [0.05, 0.1) is 6.10 Å². The molecule has 1 saturated heterocycles. The second-order valence-electron chi connectivity index (χ2n) is 7.32. The number of hydrogen-bond acceptors (Lipinski definition) is 3. The van der Waals surface area contributed by atoms with Crippen molar-refractivity contribution in [2.45, 2.75) is 51.3 Å². The Labute approximate surface area is 137 Å². The van der Waals surface area contributed by atoms with Gasteiger partial charge in [-0.25, -0.2) is 0 Å². The van der Waals surface area contributed by atoms with Crippen LogP contribution in [-0.4, -0.2) is 41.5 Å². The molecule has 5 nitrogen and oxygen atoms in total. The Bertz CT molecular complexity index is 615. The maximum absolute atomic E-state index is 12.8. The molecule has 0 aliphatic carbocycles. The predicted octanol–water partition coefficient (Wildman–Crippen LogP) is 2.28. The van der Waals surface area contributed by atoms with E-state index in [0.29, 0.717) is 12.1 Å². The van der Waals surface area contributed by atoms with Crippen LogP contribution in [0, 0.1) is 0 Å². The van der Waals surface area contributed by atoms with E-state index in [1.54, 1.807) is 11.0 Å². The highest BCUT2D eigenvalue weighted by Gasteiger charge is 2.42. The van der Waals surface area contributed by atoms with Gasteiger partial charge in [0.1, 0.15) is 6.04 Å². The first kappa shape index (κ1) is 16.0. The minimum absolute atomic E-state index is 0.0261. The normalized spacial score (nSPS) is 24.0. The predicted molar refractivity (Wildman–Crippen MR) is 87.1 cm³/mol. The van der Waals surface area contributed by atoms with Crippen molar-refractivity contribution in [3.05, 3.63) is 35.4 Å². The molecule has 2 atom stereocenters. The molecule has 2 heterocycles. The van der Waals surface area contributed by atoms with Crippen molar-refractivity contribution in [1.29, 1.82) is 0 Å². The molecule has 0 radical (unpaired) electrons. The lowest BCUT2D eigenvalue weighted by molar-refractivity contribution is -0.127. The number of carbonyl (C=O) groups is 2. The number of rotatable bonds is 3. The average molecular weight is 316 g/mol. The summed E-state index contributed by atoms with van der Waals surface area (Å²) < 4.78 is 5.67. The molecule has 2 amide bonds. The molecule has 0 bridgehead atoms. The Kier molecular flexibility index (Phi) is 4.15. The molecule has 5 heteroatoms. The van der Waals surface area contributed by atoms with Crippen molar-refractivity contribution in [3.8, 4) is 0 Å². The van der Waals surface area contributed by atoms with Gasteiger partial charge in [0, 0.05) is 24.3 Å². The Morgan fingerprint density at radius 3 is 2.74 bits per heavy atom. The van der Waals surface area contributed by atoms with Crippen molar-refractivity contribution < 1.29 is 14.3 Å². The molecule has 23 heavy (non-hydrogen) atoms. The number of hydrogen-bond donors (Lipinski definition) is 1. The summed E-state index contributed by atoms with van der Waals surface area (Å²) in [4.78, 5) is 27.2. The van der Waals surface area contributed by atoms with Gasteiger partial charge in [0.15, 0.2) is 0 Å². The van der Waals surface area contributed by atoms with Crippen molar-refractivity contribution in [1.82, 2.24) is 10.2 Å². The molecule has 1 fully saturated rings. The fraction of sp³-hybridized carbons (Fsp3) is 0.556. The number of benzene rings is 1. The monoisotopic (exact) mass is 316 g/mol. The smallest absolute Gasteiger partial charge is 0.255 e. The molecule has 124 valence electrons. The molecule has 0 aromatic heterocycles. The minimum Gasteiger partial charge on any atom is -0.376 e. The van der Waals surface area contributed by atoms with Crippen LogP contribution in [0.5, 0.6) is 0 Å². The van der Waals surface area contributed by atoms with E-state index in [9.17, 15) is 9.59 Å². The van der Waals surface area contributed by atoms with Crippen LogP contribution in [-0.2, 0) is 9.53 Å². The van der Waals surface area contributed by atoms with Crippen LogP contribution in [0.15, 0.2) is 24.3 Å². The van der Waals surface area contributed by atoms with E-state index in [0.717, 1.165) is 25.0 Å². The topological polar surface area (TPSA) is 58.6 Å². The maximum atomic E-state index is 12.8. The SMILES string of the molecule is CC(C)(C)NC(=O)C1c2ccccc2C(=O)N1CC1CCCO1. The maximum Gasteiger partial charge on any atom is 0.255 e. The highest BCUT2D eigenvalue weighted by Crippen LogP contribution is 2.35. The first-order chi connectivity index (χ1) is 10.9. The van der Waals surface area contributed by atoms with E-state index < -0.39 is 6.04 Å². The first-order valence-corrected chi connectivity index (χ1v) is 8.20. The lowest BCUT2D eigenvalue weighted by atomic mass is 10.0. The second kappa shape index (κ2) is 5.96. The molecule has 2 aliphatic rings. The number of fused-ring (bicyclic) bond motifs is 1. The third-order valence-corrected chi connectivity index (χ3v) is 4.23. The van der Waals surface area contributed by atoms with Gasteiger partial charge in [-0.05, 0) is 45.2 Å². The summed E-state index contributed by atoms with van der Waals surface area (Å²) in [5, 5.41) is 3.00. The molecular weight excluding hydrogens is 292 g/mol. The van der Waals surface area contributed by atoms with Gasteiger partial charge in [-0.2, -0.15) is 0 Å². The van der Waals surface area contributed by atoms with Crippen LogP contribution in [0.1, 0.15) is 55.6 Å². The van der Waals surface area contributed by atoms with Crippen LogP contribution in [0.25, 0.3) is 0 Å². The zero-order valence-corrected chi connectivity index (χ0v) is 14.0. The second-order valence-corrected chi connectivity index (χ2v) is 7.32. The van der Waals surface area contributed by atoms with Crippen LogP contribution >= 0.6 is 0 Å². The van der Waals surface area contributed by atoms with E-state index in [1.807, 2.05) is 39.0 Å². The first-order valence-electron chi connectivity index (χ1n) is 8.20. The number of carbonyl (C=O) groups excluding carboxylic acids is 2. The van der Waals surface area contributed by atoms with Gasteiger partial charge in [-0.15, -0.1) is 0 Å². The fourth-order valence-corrected chi connectivity index (χ4v) is 3.29. The lowest BCUT2D eigenvalue weighted by Crippen LogP contribution is -2.48. The van der Waals surface area contributed by atoms with Crippen molar-refractivity contribution in [2.24, 2.45) is 0 Å². The van der Waals surface area contributed by atoms with Crippen LogP contribution < -0.4 is 5.32 Å². The number of amides is 2. The Morgan fingerprint density at radius 2 is 2.09 bits per heavy atom. The Balaban J connectivity index is 1.90. The fourth-order valence-electron chi connectivity index (χ4n) is 3.29. The van der Waals surface area contributed by atoms with E-state index >= 15 is 0 Å². The molecular formula is C18H24N2O3. The molecule has 1 aromatic carbocycles. The zero-order valence-electron chi connectivity index (χ0n) is 14.0. The van der Waals surface area contributed by atoms with Crippen LogP contribution in [0.3, 0.4) is 0 Å². The van der Waals surface area contributed by atoms with E-state index in [-0.39, 0.29) is 23.5 Å². The van der Waals surface area contributed by atoms with Gasteiger partial charge in [-0.1, -0.05) is 18.2 Å². The third-order valence-electron chi connectivity index (χ3n) is 4.23. The molecule has 2 aliphatic heterocycles. The lowest BCUT2D eigenvalue weighted by Gasteiger charge is -2.30. The molecule has 2 unspecified atom stereocenters. The zero-order chi connectivity index (χ0) is 16.6. The summed E-state index contributed by atoms with van der Waals surface area (Å²) >= 11 is 0. The third kappa shape index (κ3) is 3.24. The molecule has 3 rings (SSSR count). The summed E-state index contributed by atoms with van der Waals surface area (Å²) in [6.07, 6.45) is 1.98. The number of nitrogens with one attached hydrogen (secondary N) is 1. The molecule has 1 N–H and O–H groups in total. The van der Waals surface area contributed by atoms with Crippen molar-refractivity contribution in [2.75, 3.05) is 13.2 Å². The number of nitrogens with zero attached hydrogens (tertiary/aromatic N) is 1. The summed E-state index contributed by atoms with van der Waals surface area (Å²) in [6.45, 7) is 7.03. The summed E-state index contributed by atoms with van der Waals surface area (Å²) in [5.41, 5.74) is 1.07. The van der Waals surface area contributed by atoms with Crippen molar-refractivity contribution >= 4 is 11.8 Å². The standard InChI is InChI=1S/C18H24N2O3/c1-18(2,3)19-16(21)15-13-8-4-5-9-14(13)17(22)20(15)11-12-7-6-10-23-12/h4-5,8-9,12,15H,6-7,10-11H2,1-3H3,(H,19,21). The minimum atomic E-state index is -0.567. The van der Waals surface area contributed by atoms with E-state index in [2.05, 4.69) is 5.32 Å². The Morgan fingerprint density at radius 1 is 1.35 bits per heavy atom. The summed E-state index contributed by atoms with van der Waals surface area (Å²) in [7, 11) is 0. The van der Waals surface area contributed by atoms with Crippen molar-refractivity contribution in [3.63, 3.8) is 0 Å². The van der Waals surface area contributed by atoms with Gasteiger partial charge in [-0.3, -0.25) is 9.59 Å². The highest BCUT2D eigenvalue weighted by molar-refractivity contribution is 6.04. The summed E-state index contributed by atoms with van der Waals surface area (Å²) in [5.74, 6) is -0.209. The Hall–Kier alpha value is -1.88. The molecule has 1 aromatic rings. The van der Waals surface area contributed by atoms with E-state index in [1.165, 1.54) is 0 Å². The highest BCUT2D eigenvalue weighted by atomic mass is 16.5. The average Bonchev–Trinajstić information content (AvgIpc) is 3.06. The van der Waals surface area contributed by atoms with E-state index in [4.69, 9.17) is 4.74 Å². The quantitative estimate of drug-likeness (QED) is 0.931. The number of ether oxygens (including phenoxy) is 1. The van der Waals surface area contributed by atoms with Gasteiger partial charge < -0.3 is 15.0 Å². The van der Waals surface area contributed by atoms with Crippen LogP contribution in [0.2, 0.25) is 0 Å². The molecule has 0 saturated carbocycles. The largest absolute Gasteiger partial charge is 0.376 e. The van der Waals surface area contributed by atoms with Gasteiger partial charge in [0.2, 0.25) is 5.91 Å². The summed E-state index contributed by atoms with van der Waals surface area (Å²) in [6, 6.07) is 6.81. The van der Waals surface area contributed by atoms with Crippen LogP contribution in [0.4, 0.5) is 0 Å². The van der Waals surface area contributed by atoms with Gasteiger partial charge >= 0.3 is 0 Å². The van der Waals surface area contributed by atoms with Gasteiger partial charge in [0.25, 0.3) is 5.91 Å². The molecule has 0 spiro atoms.